The first kappa shape index (κ1) is 17.7. The highest BCUT2D eigenvalue weighted by Gasteiger charge is 2.10. The third kappa shape index (κ3) is 6.28. The minimum absolute atomic E-state index is 0.00472. The molecule has 0 atom stereocenters. The standard InChI is InChI=1S/C15H19ClO4S/c1-3-10-21(17,18)11-9-20-15-7-6-14(19-2)12-13(15)5-4-8-16/h6-7,12H,3,8-11H2,1-2H3. The molecular formula is C15H19ClO4S. The first-order valence-electron chi connectivity index (χ1n) is 6.58. The van der Waals surface area contributed by atoms with Gasteiger partial charge >= 0.3 is 0 Å². The molecular weight excluding hydrogens is 312 g/mol. The highest BCUT2D eigenvalue weighted by atomic mass is 35.5. The zero-order valence-electron chi connectivity index (χ0n) is 12.2. The molecule has 0 saturated heterocycles. The highest BCUT2D eigenvalue weighted by molar-refractivity contribution is 7.91. The van der Waals surface area contributed by atoms with Gasteiger partial charge in [0.25, 0.3) is 0 Å². The van der Waals surface area contributed by atoms with E-state index in [0.29, 0.717) is 23.5 Å². The molecule has 0 saturated carbocycles. The molecule has 0 spiro atoms. The summed E-state index contributed by atoms with van der Waals surface area (Å²) < 4.78 is 33.9. The van der Waals surface area contributed by atoms with Gasteiger partial charge in [-0.05, 0) is 24.6 Å². The topological polar surface area (TPSA) is 52.6 Å². The van der Waals surface area contributed by atoms with Gasteiger partial charge in [0.2, 0.25) is 0 Å². The van der Waals surface area contributed by atoms with E-state index in [1.807, 2.05) is 6.92 Å². The van der Waals surface area contributed by atoms with Crippen LogP contribution in [0.5, 0.6) is 11.5 Å². The first-order chi connectivity index (χ1) is 10.0. The van der Waals surface area contributed by atoms with Gasteiger partial charge in [-0.25, -0.2) is 8.42 Å². The van der Waals surface area contributed by atoms with Crippen LogP contribution in [-0.4, -0.2) is 39.5 Å². The maximum Gasteiger partial charge on any atom is 0.153 e. The van der Waals surface area contributed by atoms with E-state index in [-0.39, 0.29) is 24.0 Å². The maximum absolute atomic E-state index is 11.6. The van der Waals surface area contributed by atoms with Crippen molar-refractivity contribution in [3.63, 3.8) is 0 Å². The van der Waals surface area contributed by atoms with E-state index in [9.17, 15) is 8.42 Å². The molecule has 0 aromatic heterocycles. The number of methoxy groups -OCH3 is 1. The molecule has 0 unspecified atom stereocenters. The van der Waals surface area contributed by atoms with Crippen molar-refractivity contribution in [2.45, 2.75) is 13.3 Å². The molecule has 4 nitrogen and oxygen atoms in total. The van der Waals surface area contributed by atoms with Gasteiger partial charge in [-0.3, -0.25) is 0 Å². The number of hydrogen-bond donors (Lipinski definition) is 0. The van der Waals surface area contributed by atoms with Crippen LogP contribution in [0.1, 0.15) is 18.9 Å². The summed E-state index contributed by atoms with van der Waals surface area (Å²) in [6, 6.07) is 5.18. The molecule has 1 aromatic rings. The van der Waals surface area contributed by atoms with E-state index in [1.54, 1.807) is 25.3 Å². The Labute approximate surface area is 131 Å². The average molecular weight is 331 g/mol. The van der Waals surface area contributed by atoms with Crippen LogP contribution in [0.3, 0.4) is 0 Å². The smallest absolute Gasteiger partial charge is 0.153 e. The van der Waals surface area contributed by atoms with Crippen LogP contribution in [0.2, 0.25) is 0 Å². The zero-order valence-corrected chi connectivity index (χ0v) is 13.8. The molecule has 0 heterocycles. The van der Waals surface area contributed by atoms with Gasteiger partial charge in [-0.15, -0.1) is 11.6 Å². The van der Waals surface area contributed by atoms with E-state index in [2.05, 4.69) is 11.8 Å². The Hall–Kier alpha value is -1.38. The Morgan fingerprint density at radius 3 is 2.67 bits per heavy atom. The number of alkyl halides is 1. The van der Waals surface area contributed by atoms with Gasteiger partial charge in [0.15, 0.2) is 9.84 Å². The van der Waals surface area contributed by atoms with Crippen molar-refractivity contribution in [3.8, 4) is 23.3 Å². The van der Waals surface area contributed by atoms with Crippen molar-refractivity contribution in [3.05, 3.63) is 23.8 Å². The molecule has 1 rings (SSSR count). The van der Waals surface area contributed by atoms with Gasteiger partial charge in [-0.2, -0.15) is 0 Å². The van der Waals surface area contributed by atoms with Gasteiger partial charge in [0, 0.05) is 0 Å². The van der Waals surface area contributed by atoms with Crippen LogP contribution >= 0.6 is 11.6 Å². The number of benzene rings is 1. The molecule has 0 aliphatic carbocycles. The van der Waals surface area contributed by atoms with Crippen LogP contribution in [0.15, 0.2) is 18.2 Å². The zero-order chi connectivity index (χ0) is 15.7. The van der Waals surface area contributed by atoms with Crippen molar-refractivity contribution >= 4 is 21.4 Å². The van der Waals surface area contributed by atoms with Crippen molar-refractivity contribution < 1.29 is 17.9 Å². The van der Waals surface area contributed by atoms with Gasteiger partial charge in [-0.1, -0.05) is 18.8 Å². The SMILES string of the molecule is CCCS(=O)(=O)CCOc1ccc(OC)cc1C#CCCl. The molecule has 6 heteroatoms. The Bertz CT molecular complexity index is 614. The lowest BCUT2D eigenvalue weighted by Gasteiger charge is -2.10. The molecule has 0 N–H and O–H groups in total. The van der Waals surface area contributed by atoms with E-state index >= 15 is 0 Å². The average Bonchev–Trinajstić information content (AvgIpc) is 2.45. The first-order valence-corrected chi connectivity index (χ1v) is 8.94. The van der Waals surface area contributed by atoms with Crippen molar-refractivity contribution in [1.82, 2.24) is 0 Å². The minimum atomic E-state index is -3.05. The van der Waals surface area contributed by atoms with E-state index in [0.717, 1.165) is 0 Å². The quantitative estimate of drug-likeness (QED) is 0.569. The monoisotopic (exact) mass is 330 g/mol. The van der Waals surface area contributed by atoms with Crippen molar-refractivity contribution in [2.75, 3.05) is 31.1 Å². The largest absolute Gasteiger partial charge is 0.497 e. The Morgan fingerprint density at radius 2 is 2.05 bits per heavy atom. The fourth-order valence-electron chi connectivity index (χ4n) is 1.68. The van der Waals surface area contributed by atoms with E-state index < -0.39 is 9.84 Å². The fourth-order valence-corrected chi connectivity index (χ4v) is 2.91. The van der Waals surface area contributed by atoms with Gasteiger partial charge in [0.05, 0.1) is 30.1 Å². The van der Waals surface area contributed by atoms with Crippen LogP contribution in [0.25, 0.3) is 0 Å². The molecule has 0 bridgehead atoms. The molecule has 116 valence electrons. The molecule has 0 radical (unpaired) electrons. The van der Waals surface area contributed by atoms with Crippen molar-refractivity contribution in [1.29, 1.82) is 0 Å². The fraction of sp³-hybridized carbons (Fsp3) is 0.467. The number of sulfone groups is 1. The summed E-state index contributed by atoms with van der Waals surface area (Å²) in [6.45, 7) is 1.94. The minimum Gasteiger partial charge on any atom is -0.497 e. The third-order valence-corrected chi connectivity index (χ3v) is 4.60. The van der Waals surface area contributed by atoms with Gasteiger partial charge in [0.1, 0.15) is 18.1 Å². The normalized spacial score (nSPS) is 10.6. The lowest BCUT2D eigenvalue weighted by Crippen LogP contribution is -2.17. The lowest BCUT2D eigenvalue weighted by molar-refractivity contribution is 0.338. The summed E-state index contributed by atoms with van der Waals surface area (Å²) in [7, 11) is -1.49. The van der Waals surface area contributed by atoms with Crippen LogP contribution in [0.4, 0.5) is 0 Å². The molecule has 0 aliphatic heterocycles. The molecule has 1 aromatic carbocycles. The second-order valence-corrected chi connectivity index (χ2v) is 6.87. The Balaban J connectivity index is 2.78. The summed E-state index contributed by atoms with van der Waals surface area (Å²) in [6.07, 6.45) is 0.608. The van der Waals surface area contributed by atoms with Crippen LogP contribution in [-0.2, 0) is 9.84 Å². The Morgan fingerprint density at radius 1 is 1.29 bits per heavy atom. The summed E-state index contributed by atoms with van der Waals surface area (Å²) in [5.74, 6) is 7.18. The third-order valence-electron chi connectivity index (χ3n) is 2.64. The summed E-state index contributed by atoms with van der Waals surface area (Å²) in [5, 5.41) is 0. The maximum atomic E-state index is 11.6. The number of ether oxygens (including phenoxy) is 2. The molecule has 0 fully saturated rings. The molecule has 0 amide bonds. The second kappa shape index (κ2) is 8.81. The molecule has 0 aliphatic rings. The van der Waals surface area contributed by atoms with Crippen LogP contribution < -0.4 is 9.47 Å². The lowest BCUT2D eigenvalue weighted by atomic mass is 10.2. The highest BCUT2D eigenvalue weighted by Crippen LogP contribution is 2.23. The number of hydrogen-bond acceptors (Lipinski definition) is 4. The van der Waals surface area contributed by atoms with Crippen LogP contribution in [0, 0.1) is 11.8 Å². The second-order valence-electron chi connectivity index (χ2n) is 4.30. The molecule has 21 heavy (non-hydrogen) atoms. The predicted octanol–water partition coefficient (Wildman–Crippen LogP) is 2.49. The van der Waals surface area contributed by atoms with Gasteiger partial charge < -0.3 is 9.47 Å². The number of halogens is 1. The summed E-state index contributed by atoms with van der Waals surface area (Å²) >= 11 is 5.55. The summed E-state index contributed by atoms with van der Waals surface area (Å²) in [5.41, 5.74) is 0.628. The Kier molecular flexibility index (Phi) is 7.41. The van der Waals surface area contributed by atoms with E-state index in [1.165, 1.54) is 0 Å². The van der Waals surface area contributed by atoms with E-state index in [4.69, 9.17) is 21.1 Å². The summed E-state index contributed by atoms with van der Waals surface area (Å²) in [4.78, 5) is 0. The van der Waals surface area contributed by atoms with Crippen molar-refractivity contribution in [2.24, 2.45) is 0 Å². The number of rotatable bonds is 7. The predicted molar refractivity (Wildman–Crippen MR) is 85.0 cm³/mol.